The van der Waals surface area contributed by atoms with Crippen molar-refractivity contribution in [2.45, 2.75) is 33.1 Å². The monoisotopic (exact) mass is 408 g/mol. The minimum absolute atomic E-state index is 0.0628. The van der Waals surface area contributed by atoms with Crippen molar-refractivity contribution in [2.24, 2.45) is 5.10 Å². The van der Waals surface area contributed by atoms with Gasteiger partial charge in [-0.2, -0.15) is 5.10 Å². The first-order valence-corrected chi connectivity index (χ1v) is 9.18. The van der Waals surface area contributed by atoms with E-state index >= 15 is 0 Å². The molecule has 0 saturated carbocycles. The molecular weight excluding hydrogens is 388 g/mol. The number of hydrogen-bond donors (Lipinski definition) is 1. The van der Waals surface area contributed by atoms with Crippen LogP contribution in [-0.4, -0.2) is 18.7 Å². The quantitative estimate of drug-likeness (QED) is 0.578. The van der Waals surface area contributed by atoms with Crippen LogP contribution in [0.1, 0.15) is 36.1 Å². The fourth-order valence-electron chi connectivity index (χ4n) is 1.95. The second-order valence-electron chi connectivity index (χ2n) is 6.43. The average molecular weight is 409 g/mol. The van der Waals surface area contributed by atoms with Crippen LogP contribution in [-0.2, 0) is 10.2 Å². The highest BCUT2D eigenvalue weighted by Gasteiger charge is 2.15. The van der Waals surface area contributed by atoms with E-state index in [1.807, 2.05) is 37.3 Å². The summed E-state index contributed by atoms with van der Waals surface area (Å²) < 4.78 is 6.38. The first kappa shape index (κ1) is 18.7. The van der Waals surface area contributed by atoms with Crippen molar-refractivity contribution < 1.29 is 9.53 Å². The largest absolute Gasteiger partial charge is 0.483 e. The van der Waals surface area contributed by atoms with E-state index in [9.17, 15) is 4.79 Å². The van der Waals surface area contributed by atoms with E-state index in [4.69, 9.17) is 4.74 Å². The molecule has 2 rings (SSSR count). The molecule has 0 saturated heterocycles. The zero-order valence-electron chi connectivity index (χ0n) is 14.2. The van der Waals surface area contributed by atoms with Crippen LogP contribution >= 0.6 is 27.3 Å². The van der Waals surface area contributed by atoms with Gasteiger partial charge in [0.15, 0.2) is 6.61 Å². The third-order valence-electron chi connectivity index (χ3n) is 3.30. The molecule has 0 aliphatic rings. The number of thiophene rings is 1. The zero-order valence-corrected chi connectivity index (χ0v) is 16.6. The van der Waals surface area contributed by atoms with Crippen molar-refractivity contribution in [1.82, 2.24) is 5.43 Å². The Morgan fingerprint density at radius 3 is 2.67 bits per heavy atom. The standard InChI is InChI=1S/C18H21BrN2O2S/c1-12-5-7-14(24-12)10-20-21-17(22)11-23-16-8-6-13(9-15(16)19)18(2,3)4/h5-10H,11H2,1-4H3,(H,21,22)/b20-10+. The molecule has 2 aromatic rings. The highest BCUT2D eigenvalue weighted by Crippen LogP contribution is 2.31. The highest BCUT2D eigenvalue weighted by atomic mass is 79.9. The first-order chi connectivity index (χ1) is 11.3. The summed E-state index contributed by atoms with van der Waals surface area (Å²) in [6.45, 7) is 8.38. The van der Waals surface area contributed by atoms with Gasteiger partial charge in [0.1, 0.15) is 5.75 Å². The van der Waals surface area contributed by atoms with Crippen LogP contribution in [0.25, 0.3) is 0 Å². The molecule has 128 valence electrons. The number of carbonyl (C=O) groups excluding carboxylic acids is 1. The number of hydrogen-bond acceptors (Lipinski definition) is 4. The van der Waals surface area contributed by atoms with Crippen LogP contribution in [0.4, 0.5) is 0 Å². The second kappa shape index (κ2) is 7.94. The lowest BCUT2D eigenvalue weighted by atomic mass is 9.87. The van der Waals surface area contributed by atoms with Crippen LogP contribution < -0.4 is 10.2 Å². The number of hydrazone groups is 1. The van der Waals surface area contributed by atoms with Gasteiger partial charge in [-0.3, -0.25) is 4.79 Å². The van der Waals surface area contributed by atoms with E-state index in [0.717, 1.165) is 9.35 Å². The summed E-state index contributed by atoms with van der Waals surface area (Å²) in [4.78, 5) is 14.0. The van der Waals surface area contributed by atoms with Crippen molar-refractivity contribution in [3.63, 3.8) is 0 Å². The van der Waals surface area contributed by atoms with E-state index in [1.165, 1.54) is 10.4 Å². The SMILES string of the molecule is Cc1ccc(/C=N/NC(=O)COc2ccc(C(C)(C)C)cc2Br)s1. The van der Waals surface area contributed by atoms with E-state index in [1.54, 1.807) is 17.6 Å². The lowest BCUT2D eigenvalue weighted by Crippen LogP contribution is -2.24. The van der Waals surface area contributed by atoms with E-state index in [0.29, 0.717) is 5.75 Å². The Morgan fingerprint density at radius 2 is 2.08 bits per heavy atom. The van der Waals surface area contributed by atoms with Crippen LogP contribution in [0.15, 0.2) is 39.9 Å². The van der Waals surface area contributed by atoms with Gasteiger partial charge in [-0.15, -0.1) is 11.3 Å². The number of aryl methyl sites for hydroxylation is 1. The number of nitrogens with zero attached hydrogens (tertiary/aromatic N) is 1. The molecule has 1 amide bonds. The van der Waals surface area contributed by atoms with Gasteiger partial charge < -0.3 is 4.74 Å². The molecule has 1 heterocycles. The predicted octanol–water partition coefficient (Wildman–Crippen LogP) is 4.65. The van der Waals surface area contributed by atoms with Gasteiger partial charge in [0, 0.05) is 9.75 Å². The Balaban J connectivity index is 1.86. The summed E-state index contributed by atoms with van der Waals surface area (Å²) in [6.07, 6.45) is 1.63. The van der Waals surface area contributed by atoms with Gasteiger partial charge in [0.2, 0.25) is 0 Å². The maximum Gasteiger partial charge on any atom is 0.277 e. The Morgan fingerprint density at radius 1 is 1.33 bits per heavy atom. The molecule has 4 nitrogen and oxygen atoms in total. The topological polar surface area (TPSA) is 50.7 Å². The molecule has 0 aliphatic heterocycles. The fourth-order valence-corrected chi connectivity index (χ4v) is 3.19. The normalized spacial score (nSPS) is 11.7. The molecule has 1 aromatic heterocycles. The van der Waals surface area contributed by atoms with Crippen molar-refractivity contribution in [3.05, 3.63) is 50.1 Å². The van der Waals surface area contributed by atoms with E-state index in [-0.39, 0.29) is 17.9 Å². The minimum atomic E-state index is -0.300. The maximum absolute atomic E-state index is 11.8. The highest BCUT2D eigenvalue weighted by molar-refractivity contribution is 9.10. The summed E-state index contributed by atoms with van der Waals surface area (Å²) >= 11 is 5.11. The number of carbonyl (C=O) groups is 1. The molecule has 0 atom stereocenters. The van der Waals surface area contributed by atoms with Gasteiger partial charge >= 0.3 is 0 Å². The zero-order chi connectivity index (χ0) is 17.7. The van der Waals surface area contributed by atoms with E-state index in [2.05, 4.69) is 47.2 Å². The molecule has 6 heteroatoms. The number of halogens is 1. The average Bonchev–Trinajstić information content (AvgIpc) is 2.90. The third kappa shape index (κ3) is 5.46. The van der Waals surface area contributed by atoms with Crippen molar-refractivity contribution in [1.29, 1.82) is 0 Å². The van der Waals surface area contributed by atoms with Gasteiger partial charge in [0.05, 0.1) is 10.7 Å². The summed E-state index contributed by atoms with van der Waals surface area (Å²) in [5, 5.41) is 3.93. The number of amides is 1. The Hall–Kier alpha value is -1.66. The molecular formula is C18H21BrN2O2S. The molecule has 0 unspecified atom stereocenters. The summed E-state index contributed by atoms with van der Waals surface area (Å²) in [6, 6.07) is 9.87. The second-order valence-corrected chi connectivity index (χ2v) is 8.60. The number of benzene rings is 1. The van der Waals surface area contributed by atoms with Gasteiger partial charge in [0.25, 0.3) is 5.91 Å². The molecule has 0 bridgehead atoms. The van der Waals surface area contributed by atoms with Crippen molar-refractivity contribution in [3.8, 4) is 5.75 Å². The molecule has 0 aliphatic carbocycles. The van der Waals surface area contributed by atoms with Crippen LogP contribution in [0.5, 0.6) is 5.75 Å². The Kier molecular flexibility index (Phi) is 6.18. The number of nitrogens with one attached hydrogen (secondary N) is 1. The Labute approximate surface area is 155 Å². The number of ether oxygens (including phenoxy) is 1. The minimum Gasteiger partial charge on any atom is -0.483 e. The van der Waals surface area contributed by atoms with Crippen molar-refractivity contribution >= 4 is 39.4 Å². The molecule has 0 spiro atoms. The molecule has 0 fully saturated rings. The number of rotatable bonds is 5. The smallest absolute Gasteiger partial charge is 0.277 e. The third-order valence-corrected chi connectivity index (χ3v) is 4.85. The van der Waals surface area contributed by atoms with Gasteiger partial charge in [-0.25, -0.2) is 5.43 Å². The summed E-state index contributed by atoms with van der Waals surface area (Å²) in [5.74, 6) is 0.335. The lowest BCUT2D eigenvalue weighted by Gasteiger charge is -2.20. The molecule has 0 radical (unpaired) electrons. The van der Waals surface area contributed by atoms with Crippen LogP contribution in [0.2, 0.25) is 0 Å². The fraction of sp³-hybridized carbons (Fsp3) is 0.333. The molecule has 1 N–H and O–H groups in total. The first-order valence-electron chi connectivity index (χ1n) is 7.57. The van der Waals surface area contributed by atoms with Gasteiger partial charge in [-0.05, 0) is 58.1 Å². The van der Waals surface area contributed by atoms with Crippen molar-refractivity contribution in [2.75, 3.05) is 6.61 Å². The lowest BCUT2D eigenvalue weighted by molar-refractivity contribution is -0.123. The summed E-state index contributed by atoms with van der Waals surface area (Å²) in [7, 11) is 0. The van der Waals surface area contributed by atoms with E-state index < -0.39 is 0 Å². The maximum atomic E-state index is 11.8. The Bertz CT molecular complexity index is 748. The molecule has 1 aromatic carbocycles. The van der Waals surface area contributed by atoms with Gasteiger partial charge in [-0.1, -0.05) is 26.8 Å². The summed E-state index contributed by atoms with van der Waals surface area (Å²) in [5.41, 5.74) is 3.72. The van der Waals surface area contributed by atoms with Crippen LogP contribution in [0.3, 0.4) is 0 Å². The molecule has 24 heavy (non-hydrogen) atoms. The van der Waals surface area contributed by atoms with Crippen LogP contribution in [0, 0.1) is 6.92 Å². The predicted molar refractivity (Wildman–Crippen MR) is 103 cm³/mol.